The Morgan fingerprint density at radius 2 is 1.57 bits per heavy atom. The number of carbonyl (C=O) groups excluding carboxylic acids is 2. The molecule has 1 atom stereocenters. The zero-order valence-corrected chi connectivity index (χ0v) is 16.9. The number of hydrogen-bond donors (Lipinski definition) is 2. The van der Waals surface area contributed by atoms with Crippen molar-refractivity contribution in [2.45, 2.75) is 32.5 Å². The summed E-state index contributed by atoms with van der Waals surface area (Å²) in [5.74, 6) is -0.320. The van der Waals surface area contributed by atoms with E-state index in [0.717, 1.165) is 11.1 Å². The normalized spacial score (nSPS) is 11.5. The Morgan fingerprint density at radius 3 is 2.27 bits per heavy atom. The summed E-state index contributed by atoms with van der Waals surface area (Å²) in [4.78, 5) is 36.1. The van der Waals surface area contributed by atoms with Gasteiger partial charge in [0.2, 0.25) is 5.91 Å². The topological polar surface area (TPSA) is 80.2 Å². The lowest BCUT2D eigenvalue weighted by molar-refractivity contribution is -0.121. The lowest BCUT2D eigenvalue weighted by atomic mass is 10.1. The molecule has 0 saturated heterocycles. The molecule has 0 aliphatic heterocycles. The van der Waals surface area contributed by atoms with Crippen molar-refractivity contribution in [2.24, 2.45) is 0 Å². The molecule has 0 bridgehead atoms. The van der Waals surface area contributed by atoms with Crippen LogP contribution in [0.2, 0.25) is 0 Å². The number of hydrogen-bond acceptors (Lipinski definition) is 3. The predicted molar refractivity (Wildman–Crippen MR) is 116 cm³/mol. The molecule has 2 aromatic carbocycles. The van der Waals surface area contributed by atoms with Crippen LogP contribution in [0.1, 0.15) is 34.8 Å². The number of pyridine rings is 1. The van der Waals surface area contributed by atoms with Crippen molar-refractivity contribution in [1.29, 1.82) is 0 Å². The van der Waals surface area contributed by atoms with Gasteiger partial charge in [-0.05, 0) is 36.2 Å². The maximum atomic E-state index is 12.2. The van der Waals surface area contributed by atoms with Crippen molar-refractivity contribution in [2.75, 3.05) is 0 Å². The Morgan fingerprint density at radius 1 is 0.900 bits per heavy atom. The van der Waals surface area contributed by atoms with Gasteiger partial charge in [0.25, 0.3) is 11.5 Å². The van der Waals surface area contributed by atoms with Crippen LogP contribution >= 0.6 is 0 Å². The highest BCUT2D eigenvalue weighted by Gasteiger charge is 2.13. The molecule has 6 nitrogen and oxygen atoms in total. The van der Waals surface area contributed by atoms with E-state index in [4.69, 9.17) is 0 Å². The fourth-order valence-corrected chi connectivity index (χ4v) is 3.05. The van der Waals surface area contributed by atoms with Gasteiger partial charge < -0.3 is 15.2 Å². The number of benzene rings is 2. The van der Waals surface area contributed by atoms with E-state index in [1.807, 2.05) is 36.4 Å². The van der Waals surface area contributed by atoms with Gasteiger partial charge >= 0.3 is 0 Å². The summed E-state index contributed by atoms with van der Waals surface area (Å²) >= 11 is 0. The molecule has 3 aromatic rings. The summed E-state index contributed by atoms with van der Waals surface area (Å²) < 4.78 is 1.64. The first kappa shape index (κ1) is 21.0. The van der Waals surface area contributed by atoms with E-state index in [2.05, 4.69) is 10.6 Å². The molecule has 2 amide bonds. The summed E-state index contributed by atoms with van der Waals surface area (Å²) in [7, 11) is 0. The number of carbonyl (C=O) groups is 2. The molecule has 1 aromatic heterocycles. The molecule has 3 rings (SSSR count). The Labute approximate surface area is 175 Å². The minimum Gasteiger partial charge on any atom is -0.352 e. The molecule has 1 unspecified atom stereocenters. The van der Waals surface area contributed by atoms with E-state index in [9.17, 15) is 14.4 Å². The van der Waals surface area contributed by atoms with Gasteiger partial charge in [0.05, 0.1) is 6.54 Å². The predicted octanol–water partition coefficient (Wildman–Crippen LogP) is 2.72. The molecule has 1 heterocycles. The highest BCUT2D eigenvalue weighted by atomic mass is 16.2. The molecular formula is C24H25N3O3. The summed E-state index contributed by atoms with van der Waals surface area (Å²) in [5, 5.41) is 5.71. The van der Waals surface area contributed by atoms with Crippen LogP contribution in [-0.4, -0.2) is 22.4 Å². The van der Waals surface area contributed by atoms with Crippen molar-refractivity contribution in [1.82, 2.24) is 15.2 Å². The first-order chi connectivity index (χ1) is 14.5. The first-order valence-electron chi connectivity index (χ1n) is 9.87. The Balaban J connectivity index is 1.44. The van der Waals surface area contributed by atoms with Gasteiger partial charge in [-0.2, -0.15) is 0 Å². The average molecular weight is 403 g/mol. The summed E-state index contributed by atoms with van der Waals surface area (Å²) in [6.07, 6.45) is 1.96. The quantitative estimate of drug-likeness (QED) is 0.607. The molecule has 0 fully saturated rings. The van der Waals surface area contributed by atoms with E-state index in [1.54, 1.807) is 48.0 Å². The molecule has 6 heteroatoms. The average Bonchev–Trinajstić information content (AvgIpc) is 2.75. The fraction of sp³-hybridized carbons (Fsp3) is 0.208. The smallest absolute Gasteiger partial charge is 0.251 e. The Kier molecular flexibility index (Phi) is 7.16. The van der Waals surface area contributed by atoms with Gasteiger partial charge in [-0.15, -0.1) is 0 Å². The molecule has 0 spiro atoms. The second-order valence-electron chi connectivity index (χ2n) is 7.20. The minimum absolute atomic E-state index is 0.0395. The van der Waals surface area contributed by atoms with Crippen molar-refractivity contribution in [3.63, 3.8) is 0 Å². The third-order valence-corrected chi connectivity index (χ3v) is 4.67. The number of nitrogens with one attached hydrogen (secondary N) is 2. The van der Waals surface area contributed by atoms with Crippen molar-refractivity contribution >= 4 is 11.8 Å². The standard InChI is InChI=1S/C24H25N3O3/c1-18(26-24(30)21-7-3-2-4-8-21)15-22(28)25-16-19-10-12-20(13-11-19)17-27-14-6-5-9-23(27)29/h2-14,18H,15-17H2,1H3,(H,25,28)(H,26,30). The lowest BCUT2D eigenvalue weighted by Crippen LogP contribution is -2.37. The van der Waals surface area contributed by atoms with E-state index in [1.165, 1.54) is 6.07 Å². The van der Waals surface area contributed by atoms with E-state index >= 15 is 0 Å². The second-order valence-corrected chi connectivity index (χ2v) is 7.20. The number of rotatable bonds is 8. The van der Waals surface area contributed by atoms with Gasteiger partial charge in [-0.3, -0.25) is 14.4 Å². The van der Waals surface area contributed by atoms with Crippen LogP contribution in [0.4, 0.5) is 0 Å². The number of nitrogens with zero attached hydrogens (tertiary/aromatic N) is 1. The van der Waals surface area contributed by atoms with Gasteiger partial charge in [-0.1, -0.05) is 48.5 Å². The molecule has 0 radical (unpaired) electrons. The van der Waals surface area contributed by atoms with E-state index in [0.29, 0.717) is 18.7 Å². The number of aromatic nitrogens is 1. The fourth-order valence-electron chi connectivity index (χ4n) is 3.05. The van der Waals surface area contributed by atoms with Gasteiger partial charge in [0, 0.05) is 36.8 Å². The zero-order chi connectivity index (χ0) is 21.3. The summed E-state index contributed by atoms with van der Waals surface area (Å²) in [6.45, 7) is 2.72. The van der Waals surface area contributed by atoms with Crippen LogP contribution in [0, 0.1) is 0 Å². The summed E-state index contributed by atoms with van der Waals surface area (Å²) in [6, 6.07) is 21.5. The van der Waals surface area contributed by atoms with E-state index < -0.39 is 0 Å². The lowest BCUT2D eigenvalue weighted by Gasteiger charge is -2.14. The maximum absolute atomic E-state index is 12.2. The molecule has 2 N–H and O–H groups in total. The maximum Gasteiger partial charge on any atom is 0.251 e. The Hall–Kier alpha value is -3.67. The van der Waals surface area contributed by atoms with Crippen LogP contribution in [0.5, 0.6) is 0 Å². The van der Waals surface area contributed by atoms with Crippen LogP contribution in [-0.2, 0) is 17.9 Å². The molecule has 30 heavy (non-hydrogen) atoms. The van der Waals surface area contributed by atoms with Crippen LogP contribution in [0.25, 0.3) is 0 Å². The molecule has 154 valence electrons. The van der Waals surface area contributed by atoms with Crippen molar-refractivity contribution < 1.29 is 9.59 Å². The Bertz CT molecular complexity index is 1040. The highest BCUT2D eigenvalue weighted by Crippen LogP contribution is 2.06. The minimum atomic E-state index is -0.274. The second kappa shape index (κ2) is 10.2. The number of amides is 2. The van der Waals surface area contributed by atoms with Crippen LogP contribution < -0.4 is 16.2 Å². The monoisotopic (exact) mass is 403 g/mol. The van der Waals surface area contributed by atoms with Gasteiger partial charge in [-0.25, -0.2) is 0 Å². The van der Waals surface area contributed by atoms with Crippen molar-refractivity contribution in [3.8, 4) is 0 Å². The first-order valence-corrected chi connectivity index (χ1v) is 9.87. The third-order valence-electron chi connectivity index (χ3n) is 4.67. The zero-order valence-electron chi connectivity index (χ0n) is 16.9. The van der Waals surface area contributed by atoms with Crippen LogP contribution in [0.3, 0.4) is 0 Å². The van der Waals surface area contributed by atoms with E-state index in [-0.39, 0.29) is 29.8 Å². The summed E-state index contributed by atoms with van der Waals surface area (Å²) in [5.41, 5.74) is 2.51. The molecular weight excluding hydrogens is 378 g/mol. The molecule has 0 saturated carbocycles. The van der Waals surface area contributed by atoms with Crippen LogP contribution in [0.15, 0.2) is 83.8 Å². The largest absolute Gasteiger partial charge is 0.352 e. The SMILES string of the molecule is CC(CC(=O)NCc1ccc(Cn2ccccc2=O)cc1)NC(=O)c1ccccc1. The molecule has 0 aliphatic rings. The highest BCUT2D eigenvalue weighted by molar-refractivity contribution is 5.94. The molecule has 0 aliphatic carbocycles. The third kappa shape index (κ3) is 6.17. The van der Waals surface area contributed by atoms with Crippen molar-refractivity contribution in [3.05, 3.63) is 106 Å². The van der Waals surface area contributed by atoms with Gasteiger partial charge in [0.1, 0.15) is 0 Å². The van der Waals surface area contributed by atoms with Gasteiger partial charge in [0.15, 0.2) is 0 Å².